The summed E-state index contributed by atoms with van der Waals surface area (Å²) >= 11 is 5.47. The minimum atomic E-state index is -4.58. The van der Waals surface area contributed by atoms with Gasteiger partial charge in [-0.2, -0.15) is 13.2 Å². The summed E-state index contributed by atoms with van der Waals surface area (Å²) in [4.78, 5) is 15.3. The Morgan fingerprint density at radius 3 is 2.68 bits per heavy atom. The van der Waals surface area contributed by atoms with Crippen LogP contribution in [0.15, 0.2) is 36.9 Å². The average Bonchev–Trinajstić information content (AvgIpc) is 2.83. The summed E-state index contributed by atoms with van der Waals surface area (Å²) in [6.07, 6.45) is -0.596. The molecule has 8 heteroatoms. The van der Waals surface area contributed by atoms with Crippen molar-refractivity contribution in [2.75, 3.05) is 5.32 Å². The number of carbonyl (C=O) groups excluding carboxylic acids is 1. The molecule has 0 fully saturated rings. The van der Waals surface area contributed by atoms with E-state index in [0.29, 0.717) is 0 Å². The Hall–Kier alpha value is -2.02. The Bertz CT molecular complexity index is 596. The van der Waals surface area contributed by atoms with Gasteiger partial charge in [-0.3, -0.25) is 4.57 Å². The quantitative estimate of drug-likeness (QED) is 0.871. The van der Waals surface area contributed by atoms with Crippen LogP contribution < -0.4 is 5.32 Å². The second-order valence-electron chi connectivity index (χ2n) is 3.59. The van der Waals surface area contributed by atoms with Crippen LogP contribution in [0.5, 0.6) is 0 Å². The van der Waals surface area contributed by atoms with E-state index < -0.39 is 22.8 Å². The second-order valence-corrected chi connectivity index (χ2v) is 4.00. The van der Waals surface area contributed by atoms with Gasteiger partial charge in [0.05, 0.1) is 10.6 Å². The lowest BCUT2D eigenvalue weighted by molar-refractivity contribution is -0.137. The topological polar surface area (TPSA) is 46.9 Å². The molecule has 0 atom stereocenters. The molecule has 0 saturated heterocycles. The summed E-state index contributed by atoms with van der Waals surface area (Å²) in [6, 6.07) is 2.52. The van der Waals surface area contributed by atoms with Crippen molar-refractivity contribution in [1.29, 1.82) is 0 Å². The molecule has 0 spiro atoms. The number of halogens is 4. The molecule has 2 aromatic rings. The number of rotatable bonds is 1. The number of benzene rings is 1. The van der Waals surface area contributed by atoms with Crippen molar-refractivity contribution in [2.24, 2.45) is 0 Å². The molecule has 1 amide bonds. The summed E-state index contributed by atoms with van der Waals surface area (Å²) in [6.45, 7) is 0. The maximum atomic E-state index is 12.6. The Morgan fingerprint density at radius 1 is 1.37 bits per heavy atom. The lowest BCUT2D eigenvalue weighted by atomic mass is 10.2. The Kier molecular flexibility index (Phi) is 3.48. The van der Waals surface area contributed by atoms with Crippen LogP contribution in [0.2, 0.25) is 5.02 Å². The summed E-state index contributed by atoms with van der Waals surface area (Å²) in [5.41, 5.74) is -1.01. The highest BCUT2D eigenvalue weighted by Crippen LogP contribution is 2.36. The van der Waals surface area contributed by atoms with Crippen LogP contribution >= 0.6 is 11.6 Å². The summed E-state index contributed by atoms with van der Waals surface area (Å²) in [5.74, 6) is 0. The molecule has 100 valence electrons. The number of hydrogen-bond acceptors (Lipinski definition) is 2. The molecule has 1 aromatic carbocycles. The Morgan fingerprint density at radius 2 is 2.11 bits per heavy atom. The van der Waals surface area contributed by atoms with Crippen LogP contribution in [-0.2, 0) is 6.18 Å². The van der Waals surface area contributed by atoms with Crippen molar-refractivity contribution in [1.82, 2.24) is 9.55 Å². The van der Waals surface area contributed by atoms with Crippen LogP contribution in [0.1, 0.15) is 5.56 Å². The van der Waals surface area contributed by atoms with E-state index in [2.05, 4.69) is 10.3 Å². The molecule has 0 aliphatic rings. The molecular formula is C11H7ClF3N3O. The molecule has 1 N–H and O–H groups in total. The fraction of sp³-hybridized carbons (Fsp3) is 0.0909. The van der Waals surface area contributed by atoms with Crippen LogP contribution in [0, 0.1) is 0 Å². The molecule has 1 heterocycles. The van der Waals surface area contributed by atoms with Crippen LogP contribution in [0.3, 0.4) is 0 Å². The lowest BCUT2D eigenvalue weighted by Gasteiger charge is -2.11. The van der Waals surface area contributed by atoms with Gasteiger partial charge in [0.2, 0.25) is 0 Å². The standard InChI is InChI=1S/C11H7ClF3N3O/c12-9-2-1-7(5-8(9)11(13,14)15)17-10(19)18-4-3-16-6-18/h1-6H,(H,17,19). The van der Waals surface area contributed by atoms with Crippen LogP contribution in [-0.4, -0.2) is 15.6 Å². The highest BCUT2D eigenvalue weighted by Gasteiger charge is 2.33. The fourth-order valence-corrected chi connectivity index (χ4v) is 1.61. The van der Waals surface area contributed by atoms with Crippen molar-refractivity contribution < 1.29 is 18.0 Å². The number of anilines is 1. The van der Waals surface area contributed by atoms with Gasteiger partial charge in [0.15, 0.2) is 0 Å². The maximum absolute atomic E-state index is 12.6. The fourth-order valence-electron chi connectivity index (χ4n) is 1.39. The van der Waals surface area contributed by atoms with Gasteiger partial charge in [-0.05, 0) is 18.2 Å². The number of carbonyl (C=O) groups is 1. The Labute approximate surface area is 110 Å². The third-order valence-corrected chi connectivity index (χ3v) is 2.59. The highest BCUT2D eigenvalue weighted by atomic mass is 35.5. The SMILES string of the molecule is O=C(Nc1ccc(Cl)c(C(F)(F)F)c1)n1ccnc1. The monoisotopic (exact) mass is 289 g/mol. The first-order valence-corrected chi connectivity index (χ1v) is 5.42. The zero-order valence-electron chi connectivity index (χ0n) is 9.28. The van der Waals surface area contributed by atoms with Gasteiger partial charge in [0.1, 0.15) is 6.33 Å². The first-order chi connectivity index (χ1) is 8.88. The second kappa shape index (κ2) is 4.93. The smallest absolute Gasteiger partial charge is 0.307 e. The van der Waals surface area contributed by atoms with Crippen LogP contribution in [0.4, 0.5) is 23.7 Å². The molecule has 2 rings (SSSR count). The number of imidazole rings is 1. The third-order valence-electron chi connectivity index (χ3n) is 2.26. The van der Waals surface area contributed by atoms with Crippen molar-refractivity contribution in [3.63, 3.8) is 0 Å². The maximum Gasteiger partial charge on any atom is 0.417 e. The van der Waals surface area contributed by atoms with Gasteiger partial charge >= 0.3 is 12.2 Å². The predicted molar refractivity (Wildman–Crippen MR) is 63.1 cm³/mol. The molecule has 0 bridgehead atoms. The number of alkyl halides is 3. The molecule has 0 aliphatic carbocycles. The van der Waals surface area contributed by atoms with E-state index in [1.807, 2.05) is 0 Å². The van der Waals surface area contributed by atoms with Gasteiger partial charge in [-0.25, -0.2) is 9.78 Å². The lowest BCUT2D eigenvalue weighted by Crippen LogP contribution is -2.18. The number of amides is 1. The molecule has 0 radical (unpaired) electrons. The molecular weight excluding hydrogens is 283 g/mol. The molecule has 0 aliphatic heterocycles. The van der Waals surface area contributed by atoms with Gasteiger partial charge in [0.25, 0.3) is 0 Å². The zero-order valence-corrected chi connectivity index (χ0v) is 10.0. The first kappa shape index (κ1) is 13.4. The first-order valence-electron chi connectivity index (χ1n) is 5.04. The Balaban J connectivity index is 2.25. The van der Waals surface area contributed by atoms with E-state index in [1.165, 1.54) is 24.8 Å². The van der Waals surface area contributed by atoms with Gasteiger partial charge in [0, 0.05) is 18.1 Å². The highest BCUT2D eigenvalue weighted by molar-refractivity contribution is 6.31. The van der Waals surface area contributed by atoms with Crippen molar-refractivity contribution in [2.45, 2.75) is 6.18 Å². The van der Waals surface area contributed by atoms with E-state index in [1.54, 1.807) is 0 Å². The van der Waals surface area contributed by atoms with E-state index in [9.17, 15) is 18.0 Å². The molecule has 1 aromatic heterocycles. The van der Waals surface area contributed by atoms with E-state index in [-0.39, 0.29) is 5.69 Å². The molecule has 4 nitrogen and oxygen atoms in total. The van der Waals surface area contributed by atoms with E-state index in [4.69, 9.17) is 11.6 Å². The van der Waals surface area contributed by atoms with Gasteiger partial charge < -0.3 is 5.32 Å². The van der Waals surface area contributed by atoms with Crippen molar-refractivity contribution >= 4 is 23.3 Å². The predicted octanol–water partition coefficient (Wildman–Crippen LogP) is 3.64. The number of nitrogens with one attached hydrogen (secondary N) is 1. The van der Waals surface area contributed by atoms with Crippen LogP contribution in [0.25, 0.3) is 0 Å². The number of nitrogens with zero attached hydrogens (tertiary/aromatic N) is 2. The summed E-state index contributed by atoms with van der Waals surface area (Å²) in [7, 11) is 0. The van der Waals surface area contributed by atoms with E-state index >= 15 is 0 Å². The average molecular weight is 290 g/mol. The zero-order chi connectivity index (χ0) is 14.0. The van der Waals surface area contributed by atoms with Crippen molar-refractivity contribution in [3.05, 3.63) is 47.5 Å². The normalized spacial score (nSPS) is 11.4. The van der Waals surface area contributed by atoms with Gasteiger partial charge in [-0.15, -0.1) is 0 Å². The number of aromatic nitrogens is 2. The number of hydrogen-bond donors (Lipinski definition) is 1. The minimum absolute atomic E-state index is 0.00424. The summed E-state index contributed by atoms with van der Waals surface area (Å²) < 4.78 is 39.0. The molecule has 0 unspecified atom stereocenters. The minimum Gasteiger partial charge on any atom is -0.307 e. The van der Waals surface area contributed by atoms with E-state index in [0.717, 1.165) is 16.7 Å². The summed E-state index contributed by atoms with van der Waals surface area (Å²) in [5, 5.41) is 1.89. The molecule has 19 heavy (non-hydrogen) atoms. The third kappa shape index (κ3) is 3.05. The van der Waals surface area contributed by atoms with Crippen molar-refractivity contribution in [3.8, 4) is 0 Å². The molecule has 0 saturated carbocycles. The largest absolute Gasteiger partial charge is 0.417 e. The van der Waals surface area contributed by atoms with Gasteiger partial charge in [-0.1, -0.05) is 11.6 Å².